The van der Waals surface area contributed by atoms with Crippen LogP contribution in [0, 0.1) is 11.8 Å². The van der Waals surface area contributed by atoms with E-state index in [9.17, 15) is 14.4 Å². The number of Topliss-reactive ketones (excluding diaryl/α,β-unsaturated/α-hetero) is 1. The molecule has 1 aromatic carbocycles. The zero-order valence-corrected chi connectivity index (χ0v) is 19.0. The number of rotatable bonds is 5. The summed E-state index contributed by atoms with van der Waals surface area (Å²) in [6.45, 7) is 5.01. The van der Waals surface area contributed by atoms with Crippen LogP contribution in [0.3, 0.4) is 0 Å². The van der Waals surface area contributed by atoms with Crippen LogP contribution in [-0.4, -0.2) is 61.5 Å². The zero-order chi connectivity index (χ0) is 23.0. The molecule has 8 nitrogen and oxygen atoms in total. The van der Waals surface area contributed by atoms with Gasteiger partial charge in [0.1, 0.15) is 11.3 Å². The number of carbonyl (C=O) groups excluding carboxylic acids is 3. The van der Waals surface area contributed by atoms with Crippen molar-refractivity contribution in [1.29, 1.82) is 0 Å². The molecule has 2 saturated heterocycles. The summed E-state index contributed by atoms with van der Waals surface area (Å²) in [6.07, 6.45) is 3.65. The van der Waals surface area contributed by atoms with Crippen molar-refractivity contribution in [2.24, 2.45) is 11.8 Å². The van der Waals surface area contributed by atoms with Crippen LogP contribution in [-0.2, 0) is 19.1 Å². The van der Waals surface area contributed by atoms with E-state index in [1.54, 1.807) is 12.1 Å². The van der Waals surface area contributed by atoms with E-state index in [2.05, 4.69) is 17.1 Å². The summed E-state index contributed by atoms with van der Waals surface area (Å²) in [7, 11) is 2.89. The Morgan fingerprint density at radius 2 is 2.09 bits per heavy atom. The topological polar surface area (TPSA) is 94.2 Å². The van der Waals surface area contributed by atoms with Gasteiger partial charge in [-0.05, 0) is 36.8 Å². The van der Waals surface area contributed by atoms with Crippen LogP contribution in [0.5, 0.6) is 5.75 Å². The van der Waals surface area contributed by atoms with E-state index in [4.69, 9.17) is 14.2 Å². The number of hydrogen-bond donors (Lipinski definition) is 1. The van der Waals surface area contributed by atoms with Crippen LogP contribution in [0.4, 0.5) is 5.69 Å². The van der Waals surface area contributed by atoms with Gasteiger partial charge in [-0.3, -0.25) is 14.5 Å². The quantitative estimate of drug-likeness (QED) is 0.322. The van der Waals surface area contributed by atoms with Crippen molar-refractivity contribution in [3.63, 3.8) is 0 Å². The van der Waals surface area contributed by atoms with Crippen molar-refractivity contribution >= 4 is 23.4 Å². The second-order valence-electron chi connectivity index (χ2n) is 8.77. The van der Waals surface area contributed by atoms with E-state index in [-0.39, 0.29) is 29.4 Å². The molecule has 0 radical (unpaired) electrons. The molecule has 0 bridgehead atoms. The van der Waals surface area contributed by atoms with Crippen molar-refractivity contribution in [1.82, 2.24) is 4.90 Å². The van der Waals surface area contributed by atoms with Gasteiger partial charge in [0.2, 0.25) is 0 Å². The smallest absolute Gasteiger partial charge is 0.337 e. The molecular formula is C24H30N2O6. The lowest BCUT2D eigenvalue weighted by Crippen LogP contribution is -2.57. The Labute approximate surface area is 187 Å². The number of nitrogens with one attached hydrogen (secondary N) is 1. The van der Waals surface area contributed by atoms with Crippen LogP contribution in [0.15, 0.2) is 30.0 Å². The number of ether oxygens (including phenoxy) is 3. The molecule has 1 N–H and O–H groups in total. The fraction of sp³-hybridized carbons (Fsp3) is 0.542. The first kappa shape index (κ1) is 22.3. The number of ketones is 1. The zero-order valence-electron chi connectivity index (χ0n) is 19.0. The fourth-order valence-corrected chi connectivity index (χ4v) is 5.75. The highest BCUT2D eigenvalue weighted by atomic mass is 16.5. The number of carbonyl (C=O) groups is 3. The molecule has 4 atom stereocenters. The maximum absolute atomic E-state index is 13.8. The van der Waals surface area contributed by atoms with Crippen LogP contribution in [0.1, 0.15) is 43.5 Å². The van der Waals surface area contributed by atoms with Crippen molar-refractivity contribution in [3.8, 4) is 5.75 Å². The number of fused-ring (bicyclic) bond motifs is 3. The molecule has 1 unspecified atom stereocenters. The molecular weight excluding hydrogens is 412 g/mol. The van der Waals surface area contributed by atoms with Crippen LogP contribution >= 0.6 is 0 Å². The molecule has 2 fully saturated rings. The van der Waals surface area contributed by atoms with Gasteiger partial charge in [-0.2, -0.15) is 0 Å². The summed E-state index contributed by atoms with van der Waals surface area (Å²) in [5.41, 5.74) is 0.806. The average molecular weight is 443 g/mol. The van der Waals surface area contributed by atoms with Crippen molar-refractivity contribution < 1.29 is 28.6 Å². The van der Waals surface area contributed by atoms with Crippen molar-refractivity contribution in [2.45, 2.75) is 44.7 Å². The summed E-state index contributed by atoms with van der Waals surface area (Å²) in [5, 5.41) is 3.49. The highest BCUT2D eigenvalue weighted by molar-refractivity contribution is 6.16. The summed E-state index contributed by atoms with van der Waals surface area (Å²) < 4.78 is 15.6. The number of hydrogen-bond acceptors (Lipinski definition) is 8. The van der Waals surface area contributed by atoms with E-state index in [1.807, 2.05) is 6.07 Å². The van der Waals surface area contributed by atoms with Gasteiger partial charge in [0.25, 0.3) is 0 Å². The third-order valence-electron chi connectivity index (χ3n) is 7.18. The molecule has 0 aliphatic carbocycles. The van der Waals surface area contributed by atoms with E-state index in [1.165, 1.54) is 27.4 Å². The van der Waals surface area contributed by atoms with Gasteiger partial charge in [-0.15, -0.1) is 0 Å². The molecule has 0 amide bonds. The molecule has 0 saturated carbocycles. The Balaban J connectivity index is 1.70. The maximum Gasteiger partial charge on any atom is 0.337 e. The van der Waals surface area contributed by atoms with E-state index < -0.39 is 17.5 Å². The number of anilines is 1. The predicted molar refractivity (Wildman–Crippen MR) is 117 cm³/mol. The lowest BCUT2D eigenvalue weighted by atomic mass is 9.72. The van der Waals surface area contributed by atoms with Gasteiger partial charge in [-0.1, -0.05) is 19.4 Å². The van der Waals surface area contributed by atoms with Crippen molar-refractivity contribution in [2.75, 3.05) is 32.6 Å². The SMILES string of the molecule is CC[C@@H]1CN2CC[C@]3(Nc4cccc(OC(C)=O)c4C3=O)C2C[C@@H]1C(=COC)C(=O)OC. The maximum atomic E-state index is 13.8. The molecule has 3 aliphatic rings. The normalized spacial score (nSPS) is 29.3. The predicted octanol–water partition coefficient (Wildman–Crippen LogP) is 2.78. The number of benzene rings is 1. The second-order valence-corrected chi connectivity index (χ2v) is 8.77. The molecule has 32 heavy (non-hydrogen) atoms. The highest BCUT2D eigenvalue weighted by Crippen LogP contribution is 2.50. The van der Waals surface area contributed by atoms with Gasteiger partial charge < -0.3 is 19.5 Å². The lowest BCUT2D eigenvalue weighted by molar-refractivity contribution is -0.137. The van der Waals surface area contributed by atoms with Gasteiger partial charge in [0, 0.05) is 31.7 Å². The number of piperidine rings is 1. The molecule has 1 spiro atoms. The Bertz CT molecular complexity index is 973. The summed E-state index contributed by atoms with van der Waals surface area (Å²) in [6, 6.07) is 5.16. The van der Waals surface area contributed by atoms with Crippen LogP contribution in [0.25, 0.3) is 0 Å². The molecule has 8 heteroatoms. The van der Waals surface area contributed by atoms with Gasteiger partial charge in [-0.25, -0.2) is 4.79 Å². The van der Waals surface area contributed by atoms with Gasteiger partial charge >= 0.3 is 11.9 Å². The molecule has 3 aliphatic heterocycles. The van der Waals surface area contributed by atoms with Crippen molar-refractivity contribution in [3.05, 3.63) is 35.6 Å². The minimum Gasteiger partial charge on any atom is -0.504 e. The minimum absolute atomic E-state index is 0.0547. The lowest BCUT2D eigenvalue weighted by Gasteiger charge is -2.45. The Morgan fingerprint density at radius 1 is 1.31 bits per heavy atom. The Kier molecular flexibility index (Phi) is 5.99. The summed E-state index contributed by atoms with van der Waals surface area (Å²) >= 11 is 0. The standard InChI is InChI=1S/C24H30N2O6/c1-5-15-12-26-10-9-24(20(26)11-16(15)17(13-30-3)23(29)31-4)22(28)21-18(25-24)7-6-8-19(21)32-14(2)27/h6-8,13,15-16,20,25H,5,9-12H2,1-4H3/t15-,16+,20?,24+/m1/s1. The number of nitrogens with zero attached hydrogens (tertiary/aromatic N) is 1. The largest absolute Gasteiger partial charge is 0.504 e. The summed E-state index contributed by atoms with van der Waals surface area (Å²) in [5.74, 6) is -0.470. The monoisotopic (exact) mass is 442 g/mol. The molecule has 4 rings (SSSR count). The Morgan fingerprint density at radius 3 is 2.75 bits per heavy atom. The fourth-order valence-electron chi connectivity index (χ4n) is 5.75. The Hall–Kier alpha value is -2.87. The third kappa shape index (κ3) is 3.46. The van der Waals surface area contributed by atoms with E-state index in [0.717, 1.165) is 19.5 Å². The van der Waals surface area contributed by atoms with E-state index in [0.29, 0.717) is 29.7 Å². The van der Waals surface area contributed by atoms with Crippen LogP contribution in [0.2, 0.25) is 0 Å². The summed E-state index contributed by atoms with van der Waals surface area (Å²) in [4.78, 5) is 40.3. The van der Waals surface area contributed by atoms with E-state index >= 15 is 0 Å². The van der Waals surface area contributed by atoms with Gasteiger partial charge in [0.15, 0.2) is 5.78 Å². The molecule has 3 heterocycles. The first-order chi connectivity index (χ1) is 15.4. The van der Waals surface area contributed by atoms with Crippen LogP contribution < -0.4 is 10.1 Å². The number of esters is 2. The minimum atomic E-state index is -0.816. The molecule has 172 valence electrons. The average Bonchev–Trinajstić information content (AvgIpc) is 3.28. The highest BCUT2D eigenvalue weighted by Gasteiger charge is 2.59. The second kappa shape index (κ2) is 8.58. The first-order valence-corrected chi connectivity index (χ1v) is 11.1. The molecule has 0 aromatic heterocycles. The first-order valence-electron chi connectivity index (χ1n) is 11.1. The number of methoxy groups -OCH3 is 2. The molecule has 1 aromatic rings. The van der Waals surface area contributed by atoms with Gasteiger partial charge in [0.05, 0.1) is 31.6 Å². The third-order valence-corrected chi connectivity index (χ3v) is 7.18.